The molecule has 1 fully saturated rings. The Balaban J connectivity index is 1.22. The van der Waals surface area contributed by atoms with E-state index in [1.807, 2.05) is 0 Å². The summed E-state index contributed by atoms with van der Waals surface area (Å²) in [6, 6.07) is 11.5. The number of halogens is 2. The fraction of sp³-hybridized carbons (Fsp3) is 0.381. The van der Waals surface area contributed by atoms with Gasteiger partial charge >= 0.3 is 6.61 Å². The minimum Gasteiger partial charge on any atom is -0.492 e. The molecule has 1 saturated carbocycles. The van der Waals surface area contributed by atoms with Crippen molar-refractivity contribution in [2.45, 2.75) is 30.8 Å². The van der Waals surface area contributed by atoms with Crippen LogP contribution in [0, 0.1) is 0 Å². The summed E-state index contributed by atoms with van der Waals surface area (Å²) < 4.78 is 61.4. The summed E-state index contributed by atoms with van der Waals surface area (Å²) in [6.07, 6.45) is 0.520. The highest BCUT2D eigenvalue weighted by Crippen LogP contribution is 2.30. The largest absolute Gasteiger partial charge is 0.492 e. The highest BCUT2D eigenvalue weighted by Gasteiger charge is 2.35. The second kappa shape index (κ2) is 9.89. The van der Waals surface area contributed by atoms with Crippen LogP contribution in [0.3, 0.4) is 0 Å². The molecule has 1 unspecified atom stereocenters. The van der Waals surface area contributed by atoms with Crippen molar-refractivity contribution in [1.82, 2.24) is 15.5 Å². The van der Waals surface area contributed by atoms with Gasteiger partial charge in [-0.1, -0.05) is 12.1 Å². The first-order chi connectivity index (χ1) is 15.8. The lowest BCUT2D eigenvalue weighted by atomic mass is 10.1. The summed E-state index contributed by atoms with van der Waals surface area (Å²) in [7, 11) is -3.36. The first-order valence-corrected chi connectivity index (χ1v) is 11.9. The number of fused-ring (bicyclic) bond motifs is 1. The van der Waals surface area contributed by atoms with Crippen molar-refractivity contribution in [3.63, 3.8) is 0 Å². The van der Waals surface area contributed by atoms with Crippen LogP contribution in [0.25, 0.3) is 10.9 Å². The summed E-state index contributed by atoms with van der Waals surface area (Å²) >= 11 is 0. The lowest BCUT2D eigenvalue weighted by Gasteiger charge is -2.14. The van der Waals surface area contributed by atoms with Gasteiger partial charge in [0.05, 0.1) is 22.3 Å². The number of rotatable bonds is 12. The third kappa shape index (κ3) is 6.09. The van der Waals surface area contributed by atoms with Crippen LogP contribution in [-0.2, 0) is 10.0 Å². The molecule has 4 rings (SSSR count). The Morgan fingerprint density at radius 3 is 2.79 bits per heavy atom. The number of hydrogen-bond acceptors (Lipinski definition) is 7. The molecule has 9 nitrogen and oxygen atoms in total. The van der Waals surface area contributed by atoms with Crippen molar-refractivity contribution in [2.75, 3.05) is 24.4 Å². The van der Waals surface area contributed by atoms with Crippen molar-refractivity contribution in [2.24, 2.45) is 0 Å². The number of H-pyrrole nitrogens is 1. The Kier molecular flexibility index (Phi) is 6.96. The SMILES string of the molecule is O=S(=O)(Nc1cccc(C(O)CNCCOc2ccc3c(OC(F)F)n[nH]c3c2)c1)C1CC1. The van der Waals surface area contributed by atoms with Crippen LogP contribution < -0.4 is 19.5 Å². The zero-order valence-corrected chi connectivity index (χ0v) is 18.3. The lowest BCUT2D eigenvalue weighted by molar-refractivity contribution is -0.0518. The van der Waals surface area contributed by atoms with Gasteiger partial charge in [-0.3, -0.25) is 9.82 Å². The molecule has 33 heavy (non-hydrogen) atoms. The number of anilines is 1. The third-order valence-electron chi connectivity index (χ3n) is 5.08. The van der Waals surface area contributed by atoms with Gasteiger partial charge in [0.15, 0.2) is 0 Å². The summed E-state index contributed by atoms with van der Waals surface area (Å²) in [5, 5.41) is 19.9. The summed E-state index contributed by atoms with van der Waals surface area (Å²) in [5.74, 6) is 0.347. The maximum atomic E-state index is 12.4. The van der Waals surface area contributed by atoms with Crippen LogP contribution in [0.1, 0.15) is 24.5 Å². The van der Waals surface area contributed by atoms with Crippen LogP contribution in [0.5, 0.6) is 11.6 Å². The molecule has 0 radical (unpaired) electrons. The van der Waals surface area contributed by atoms with E-state index >= 15 is 0 Å². The molecule has 1 atom stereocenters. The fourth-order valence-electron chi connectivity index (χ4n) is 3.27. The molecule has 3 aromatic rings. The number of alkyl halides is 2. The van der Waals surface area contributed by atoms with Gasteiger partial charge in [0.25, 0.3) is 0 Å². The average molecular weight is 483 g/mol. The third-order valence-corrected chi connectivity index (χ3v) is 6.95. The van der Waals surface area contributed by atoms with Crippen LogP contribution in [-0.4, -0.2) is 55.3 Å². The van der Waals surface area contributed by atoms with E-state index in [1.54, 1.807) is 42.5 Å². The molecule has 0 saturated heterocycles. The number of aromatic amines is 1. The molecule has 1 aliphatic carbocycles. The molecule has 1 aromatic heterocycles. The lowest BCUT2D eigenvalue weighted by Crippen LogP contribution is -2.26. The van der Waals surface area contributed by atoms with Gasteiger partial charge in [-0.15, -0.1) is 5.10 Å². The maximum Gasteiger partial charge on any atom is 0.388 e. The van der Waals surface area contributed by atoms with E-state index < -0.39 is 22.7 Å². The molecule has 178 valence electrons. The van der Waals surface area contributed by atoms with Gasteiger partial charge in [-0.25, -0.2) is 8.42 Å². The van der Waals surface area contributed by atoms with Gasteiger partial charge in [0, 0.05) is 24.8 Å². The molecule has 0 amide bonds. The van der Waals surface area contributed by atoms with Gasteiger partial charge in [-0.2, -0.15) is 8.78 Å². The standard InChI is InChI=1S/C21H24F2N4O5S/c22-21(23)32-20-17-7-4-15(11-18(17)25-26-20)31-9-8-24-12-19(28)13-2-1-3-14(10-13)27-33(29,30)16-5-6-16/h1-4,7,10-11,16,19,21,24,27-28H,5-6,8-9,12H2,(H,25,26). The molecule has 1 heterocycles. The second-order valence-corrected chi connectivity index (χ2v) is 9.62. The Hall–Kier alpha value is -2.96. The summed E-state index contributed by atoms with van der Waals surface area (Å²) in [6.45, 7) is -1.97. The number of benzene rings is 2. The average Bonchev–Trinajstić information content (AvgIpc) is 3.57. The van der Waals surface area contributed by atoms with Crippen LogP contribution >= 0.6 is 0 Å². The molecular formula is C21H24F2N4O5S. The van der Waals surface area contributed by atoms with Gasteiger partial charge in [0.2, 0.25) is 15.9 Å². The number of aromatic nitrogens is 2. The summed E-state index contributed by atoms with van der Waals surface area (Å²) in [5.41, 5.74) is 1.52. The quantitative estimate of drug-likeness (QED) is 0.293. The van der Waals surface area contributed by atoms with Gasteiger partial charge in [-0.05, 0) is 42.7 Å². The van der Waals surface area contributed by atoms with E-state index in [1.165, 1.54) is 0 Å². The van der Waals surface area contributed by atoms with Gasteiger partial charge < -0.3 is 19.9 Å². The van der Waals surface area contributed by atoms with Crippen LogP contribution in [0.15, 0.2) is 42.5 Å². The van der Waals surface area contributed by atoms with E-state index in [9.17, 15) is 22.3 Å². The predicted octanol–water partition coefficient (Wildman–Crippen LogP) is 2.77. The highest BCUT2D eigenvalue weighted by atomic mass is 32.2. The maximum absolute atomic E-state index is 12.4. The summed E-state index contributed by atoms with van der Waals surface area (Å²) in [4.78, 5) is 0. The van der Waals surface area contributed by atoms with Crippen molar-refractivity contribution in [3.8, 4) is 11.6 Å². The minimum absolute atomic E-state index is 0.174. The zero-order chi connectivity index (χ0) is 23.4. The molecule has 0 bridgehead atoms. The number of nitrogens with one attached hydrogen (secondary N) is 3. The van der Waals surface area contributed by atoms with Gasteiger partial charge in [0.1, 0.15) is 12.4 Å². The number of sulfonamides is 1. The first-order valence-electron chi connectivity index (χ1n) is 10.4. The number of nitrogens with zero attached hydrogens (tertiary/aromatic N) is 1. The van der Waals surface area contributed by atoms with Crippen LogP contribution in [0.2, 0.25) is 0 Å². The van der Waals surface area contributed by atoms with Crippen LogP contribution in [0.4, 0.5) is 14.5 Å². The number of aliphatic hydroxyl groups is 1. The Bertz CT molecular complexity index is 1200. The monoisotopic (exact) mass is 482 g/mol. The normalized spacial score (nSPS) is 15.0. The van der Waals surface area contributed by atoms with E-state index in [2.05, 4.69) is 25.0 Å². The van der Waals surface area contributed by atoms with Crippen molar-refractivity contribution < 1.29 is 31.8 Å². The Morgan fingerprint density at radius 1 is 1.21 bits per heavy atom. The first kappa shape index (κ1) is 23.2. The Morgan fingerprint density at radius 2 is 2.03 bits per heavy atom. The van der Waals surface area contributed by atoms with E-state index in [-0.39, 0.29) is 17.7 Å². The topological polar surface area (TPSA) is 126 Å². The fourth-order valence-corrected chi connectivity index (χ4v) is 4.65. The van der Waals surface area contributed by atoms with E-state index in [0.717, 1.165) is 0 Å². The zero-order valence-electron chi connectivity index (χ0n) is 17.5. The van der Waals surface area contributed by atoms with E-state index in [0.29, 0.717) is 53.9 Å². The number of aliphatic hydroxyl groups excluding tert-OH is 1. The predicted molar refractivity (Wildman–Crippen MR) is 118 cm³/mol. The number of ether oxygens (including phenoxy) is 2. The smallest absolute Gasteiger partial charge is 0.388 e. The van der Waals surface area contributed by atoms with Crippen molar-refractivity contribution in [1.29, 1.82) is 0 Å². The molecule has 1 aliphatic rings. The van der Waals surface area contributed by atoms with E-state index in [4.69, 9.17) is 4.74 Å². The molecule has 4 N–H and O–H groups in total. The molecule has 2 aromatic carbocycles. The van der Waals surface area contributed by atoms with Crippen molar-refractivity contribution >= 4 is 26.6 Å². The molecule has 12 heteroatoms. The van der Waals surface area contributed by atoms with Crippen molar-refractivity contribution in [3.05, 3.63) is 48.0 Å². The Labute approximate surface area is 189 Å². The highest BCUT2D eigenvalue weighted by molar-refractivity contribution is 7.93. The minimum atomic E-state index is -3.36. The second-order valence-electron chi connectivity index (χ2n) is 7.65. The molecular weight excluding hydrogens is 458 g/mol. The number of hydrogen-bond donors (Lipinski definition) is 4. The molecule has 0 aliphatic heterocycles. The molecule has 0 spiro atoms.